The standard InChI is InChI=1S/C7H8F3N3O/c1-3-2-13-6(12)5(4(3)11)14-7(8,9)10/h2H,1H3,(H4,11,12,13). The first-order valence-corrected chi connectivity index (χ1v) is 3.57. The molecule has 0 aliphatic heterocycles. The van der Waals surface area contributed by atoms with Gasteiger partial charge in [0.25, 0.3) is 0 Å². The summed E-state index contributed by atoms with van der Waals surface area (Å²) in [4.78, 5) is 3.50. The normalized spacial score (nSPS) is 11.4. The van der Waals surface area contributed by atoms with Crippen LogP contribution < -0.4 is 16.2 Å². The minimum absolute atomic E-state index is 0.158. The summed E-state index contributed by atoms with van der Waals surface area (Å²) < 4.78 is 39.2. The van der Waals surface area contributed by atoms with Crippen molar-refractivity contribution in [3.05, 3.63) is 11.8 Å². The molecule has 0 radical (unpaired) electrons. The number of hydrogen-bond donors (Lipinski definition) is 2. The molecule has 14 heavy (non-hydrogen) atoms. The van der Waals surface area contributed by atoms with Gasteiger partial charge in [-0.2, -0.15) is 0 Å². The summed E-state index contributed by atoms with van der Waals surface area (Å²) in [6, 6.07) is 0. The molecule has 0 aliphatic rings. The summed E-state index contributed by atoms with van der Waals surface area (Å²) in [7, 11) is 0. The molecule has 0 aromatic carbocycles. The van der Waals surface area contributed by atoms with E-state index in [9.17, 15) is 13.2 Å². The maximum absolute atomic E-state index is 11.9. The van der Waals surface area contributed by atoms with Gasteiger partial charge >= 0.3 is 6.36 Å². The number of nitrogen functional groups attached to an aromatic ring is 2. The zero-order valence-electron chi connectivity index (χ0n) is 7.22. The lowest BCUT2D eigenvalue weighted by Gasteiger charge is -2.13. The Morgan fingerprint density at radius 1 is 1.36 bits per heavy atom. The maximum atomic E-state index is 11.9. The van der Waals surface area contributed by atoms with Gasteiger partial charge in [-0.25, -0.2) is 4.98 Å². The summed E-state index contributed by atoms with van der Waals surface area (Å²) in [6.07, 6.45) is -3.55. The van der Waals surface area contributed by atoms with Crippen LogP contribution in [-0.2, 0) is 0 Å². The first-order chi connectivity index (χ1) is 6.31. The van der Waals surface area contributed by atoms with Crippen LogP contribution in [0.5, 0.6) is 5.75 Å². The Morgan fingerprint density at radius 3 is 2.43 bits per heavy atom. The average molecular weight is 207 g/mol. The van der Waals surface area contributed by atoms with E-state index in [-0.39, 0.29) is 11.5 Å². The van der Waals surface area contributed by atoms with Crippen LogP contribution in [0, 0.1) is 6.92 Å². The van der Waals surface area contributed by atoms with Gasteiger partial charge in [-0.05, 0) is 12.5 Å². The van der Waals surface area contributed by atoms with Crippen LogP contribution >= 0.6 is 0 Å². The average Bonchev–Trinajstić information content (AvgIpc) is 2.04. The van der Waals surface area contributed by atoms with E-state index in [1.54, 1.807) is 0 Å². The fourth-order valence-electron chi connectivity index (χ4n) is 0.835. The third-order valence-electron chi connectivity index (χ3n) is 1.52. The first kappa shape index (κ1) is 10.4. The molecule has 4 nitrogen and oxygen atoms in total. The Balaban J connectivity index is 3.13. The minimum atomic E-state index is -4.82. The van der Waals surface area contributed by atoms with Crippen molar-refractivity contribution in [1.82, 2.24) is 4.98 Å². The molecule has 0 saturated carbocycles. The number of alkyl halides is 3. The minimum Gasteiger partial charge on any atom is -0.400 e. The second-order valence-electron chi connectivity index (χ2n) is 2.62. The van der Waals surface area contributed by atoms with Crippen molar-refractivity contribution >= 4 is 11.5 Å². The SMILES string of the molecule is Cc1cnc(N)c(OC(F)(F)F)c1N. The summed E-state index contributed by atoms with van der Waals surface area (Å²) in [5, 5.41) is 0. The molecule has 1 heterocycles. The molecule has 0 amide bonds. The van der Waals surface area contributed by atoms with Crippen LogP contribution in [-0.4, -0.2) is 11.3 Å². The summed E-state index contributed by atoms with van der Waals surface area (Å²) >= 11 is 0. The number of nitrogens with zero attached hydrogens (tertiary/aromatic N) is 1. The van der Waals surface area contributed by atoms with Crippen molar-refractivity contribution in [3.8, 4) is 5.75 Å². The van der Waals surface area contributed by atoms with E-state index < -0.39 is 12.1 Å². The molecule has 0 aliphatic carbocycles. The van der Waals surface area contributed by atoms with Crippen molar-refractivity contribution in [1.29, 1.82) is 0 Å². The van der Waals surface area contributed by atoms with E-state index in [4.69, 9.17) is 11.5 Å². The van der Waals surface area contributed by atoms with Gasteiger partial charge in [0.15, 0.2) is 11.6 Å². The van der Waals surface area contributed by atoms with Crippen LogP contribution in [0.4, 0.5) is 24.7 Å². The van der Waals surface area contributed by atoms with E-state index in [0.717, 1.165) is 0 Å². The van der Waals surface area contributed by atoms with Crippen molar-refractivity contribution in [2.75, 3.05) is 11.5 Å². The second-order valence-corrected chi connectivity index (χ2v) is 2.62. The maximum Gasteiger partial charge on any atom is 0.573 e. The number of rotatable bonds is 1. The lowest BCUT2D eigenvalue weighted by Crippen LogP contribution is -2.19. The van der Waals surface area contributed by atoms with Crippen LogP contribution in [0.25, 0.3) is 0 Å². The predicted octanol–water partition coefficient (Wildman–Crippen LogP) is 1.45. The molecule has 1 rings (SSSR count). The number of nitrogens with two attached hydrogens (primary N) is 2. The molecule has 0 atom stereocenters. The van der Waals surface area contributed by atoms with Crippen molar-refractivity contribution < 1.29 is 17.9 Å². The molecule has 1 aromatic heterocycles. The molecule has 0 saturated heterocycles. The Hall–Kier alpha value is -1.66. The number of anilines is 2. The summed E-state index contributed by atoms with van der Waals surface area (Å²) in [5.74, 6) is -1.03. The van der Waals surface area contributed by atoms with E-state index in [2.05, 4.69) is 9.72 Å². The Kier molecular flexibility index (Phi) is 2.41. The van der Waals surface area contributed by atoms with E-state index in [1.165, 1.54) is 13.1 Å². The quantitative estimate of drug-likeness (QED) is 0.730. The van der Waals surface area contributed by atoms with Crippen LogP contribution in [0.15, 0.2) is 6.20 Å². The molecule has 78 valence electrons. The molecule has 4 N–H and O–H groups in total. The van der Waals surface area contributed by atoms with Gasteiger partial charge < -0.3 is 16.2 Å². The highest BCUT2D eigenvalue weighted by atomic mass is 19.4. The molecule has 0 fully saturated rings. The monoisotopic (exact) mass is 207 g/mol. The topological polar surface area (TPSA) is 74.2 Å². The molecule has 0 spiro atoms. The number of halogens is 3. The fourth-order valence-corrected chi connectivity index (χ4v) is 0.835. The Morgan fingerprint density at radius 2 is 1.93 bits per heavy atom. The van der Waals surface area contributed by atoms with Gasteiger partial charge in [-0.3, -0.25) is 0 Å². The van der Waals surface area contributed by atoms with Gasteiger partial charge in [-0.1, -0.05) is 0 Å². The molecular weight excluding hydrogens is 199 g/mol. The lowest BCUT2D eigenvalue weighted by atomic mass is 10.2. The summed E-state index contributed by atoms with van der Waals surface area (Å²) in [6.45, 7) is 1.50. The van der Waals surface area contributed by atoms with E-state index >= 15 is 0 Å². The number of aryl methyl sites for hydroxylation is 1. The highest BCUT2D eigenvalue weighted by Gasteiger charge is 2.33. The largest absolute Gasteiger partial charge is 0.573 e. The first-order valence-electron chi connectivity index (χ1n) is 3.57. The fraction of sp³-hybridized carbons (Fsp3) is 0.286. The van der Waals surface area contributed by atoms with Crippen molar-refractivity contribution in [2.24, 2.45) is 0 Å². The second kappa shape index (κ2) is 3.24. The number of ether oxygens (including phenoxy) is 1. The zero-order valence-corrected chi connectivity index (χ0v) is 7.22. The Labute approximate surface area is 77.7 Å². The van der Waals surface area contributed by atoms with Gasteiger partial charge in [0.05, 0.1) is 5.69 Å². The van der Waals surface area contributed by atoms with E-state index in [0.29, 0.717) is 5.56 Å². The summed E-state index contributed by atoms with van der Waals surface area (Å²) in [5.41, 5.74) is 10.7. The zero-order chi connectivity index (χ0) is 10.9. The van der Waals surface area contributed by atoms with Gasteiger partial charge in [0.2, 0.25) is 0 Å². The number of hydrogen-bond acceptors (Lipinski definition) is 4. The van der Waals surface area contributed by atoms with Crippen LogP contribution in [0.1, 0.15) is 5.56 Å². The van der Waals surface area contributed by atoms with Crippen LogP contribution in [0.3, 0.4) is 0 Å². The molecular formula is C7H8F3N3O. The molecule has 7 heteroatoms. The van der Waals surface area contributed by atoms with Gasteiger partial charge in [-0.15, -0.1) is 13.2 Å². The third-order valence-corrected chi connectivity index (χ3v) is 1.52. The number of aromatic nitrogens is 1. The van der Waals surface area contributed by atoms with Gasteiger partial charge in [0, 0.05) is 6.20 Å². The highest BCUT2D eigenvalue weighted by molar-refractivity contribution is 5.66. The molecule has 0 bridgehead atoms. The Bertz CT molecular complexity index is 351. The third kappa shape index (κ3) is 2.18. The predicted molar refractivity (Wildman–Crippen MR) is 44.5 cm³/mol. The van der Waals surface area contributed by atoms with E-state index in [1.807, 2.05) is 0 Å². The van der Waals surface area contributed by atoms with Gasteiger partial charge in [0.1, 0.15) is 0 Å². The lowest BCUT2D eigenvalue weighted by molar-refractivity contribution is -0.274. The number of pyridine rings is 1. The van der Waals surface area contributed by atoms with Crippen molar-refractivity contribution in [3.63, 3.8) is 0 Å². The highest BCUT2D eigenvalue weighted by Crippen LogP contribution is 2.34. The smallest absolute Gasteiger partial charge is 0.400 e. The molecule has 0 unspecified atom stereocenters. The van der Waals surface area contributed by atoms with Crippen molar-refractivity contribution in [2.45, 2.75) is 13.3 Å². The van der Waals surface area contributed by atoms with Crippen LogP contribution in [0.2, 0.25) is 0 Å². The molecule has 1 aromatic rings.